The maximum Gasteiger partial charge on any atom is -0.0358 e. The van der Waals surface area contributed by atoms with Gasteiger partial charge in [-0.05, 0) is 36.5 Å². The number of rotatable bonds is 0. The predicted molar refractivity (Wildman–Crippen MR) is 57.6 cm³/mol. The van der Waals surface area contributed by atoms with E-state index >= 15 is 0 Å². The fourth-order valence-corrected chi connectivity index (χ4v) is 3.73. The molecule has 0 aromatic rings. The van der Waals surface area contributed by atoms with Crippen molar-refractivity contribution in [1.29, 1.82) is 0 Å². The lowest BCUT2D eigenvalue weighted by atomic mass is 9.66. The Morgan fingerprint density at radius 3 is 1.54 bits per heavy atom. The SMILES string of the molecule is CC1CCC(C)C2CCCCCC12. The van der Waals surface area contributed by atoms with Gasteiger partial charge in [0.05, 0.1) is 0 Å². The van der Waals surface area contributed by atoms with Gasteiger partial charge < -0.3 is 0 Å². The van der Waals surface area contributed by atoms with Gasteiger partial charge in [0, 0.05) is 0 Å². The standard InChI is InChI=1S/C13H24/c1-10-8-9-11(2)13-7-5-3-4-6-12(10)13/h10-13H,3-9H2,1-2H3. The van der Waals surface area contributed by atoms with Crippen LogP contribution in [0.2, 0.25) is 0 Å². The topological polar surface area (TPSA) is 0 Å². The summed E-state index contributed by atoms with van der Waals surface area (Å²) >= 11 is 0. The summed E-state index contributed by atoms with van der Waals surface area (Å²) in [5, 5.41) is 0. The molecular weight excluding hydrogens is 156 g/mol. The average molecular weight is 180 g/mol. The maximum absolute atomic E-state index is 2.49. The highest BCUT2D eigenvalue weighted by atomic mass is 14.4. The van der Waals surface area contributed by atoms with E-state index in [-0.39, 0.29) is 0 Å². The Bertz CT molecular complexity index is 143. The lowest BCUT2D eigenvalue weighted by Gasteiger charge is -2.40. The Morgan fingerprint density at radius 2 is 1.08 bits per heavy atom. The molecule has 0 heterocycles. The zero-order chi connectivity index (χ0) is 9.26. The van der Waals surface area contributed by atoms with Crippen LogP contribution in [0.1, 0.15) is 58.8 Å². The molecule has 0 aromatic heterocycles. The highest BCUT2D eigenvalue weighted by Crippen LogP contribution is 2.45. The molecular formula is C13H24. The number of hydrogen-bond donors (Lipinski definition) is 0. The van der Waals surface area contributed by atoms with Gasteiger partial charge in [-0.25, -0.2) is 0 Å². The minimum Gasteiger partial charge on any atom is -0.0622 e. The highest BCUT2D eigenvalue weighted by Gasteiger charge is 2.35. The molecule has 2 aliphatic carbocycles. The molecule has 0 radical (unpaired) electrons. The van der Waals surface area contributed by atoms with Crippen molar-refractivity contribution < 1.29 is 0 Å². The van der Waals surface area contributed by atoms with Gasteiger partial charge in [-0.1, -0.05) is 46.0 Å². The van der Waals surface area contributed by atoms with Gasteiger partial charge in [0.2, 0.25) is 0 Å². The quantitative estimate of drug-likeness (QED) is 0.523. The van der Waals surface area contributed by atoms with E-state index in [1.54, 1.807) is 0 Å². The third-order valence-electron chi connectivity index (χ3n) is 4.66. The Hall–Kier alpha value is 0. The van der Waals surface area contributed by atoms with Crippen LogP contribution >= 0.6 is 0 Å². The van der Waals surface area contributed by atoms with Crippen LogP contribution in [0.5, 0.6) is 0 Å². The van der Waals surface area contributed by atoms with Gasteiger partial charge in [-0.15, -0.1) is 0 Å². The first-order valence-electron chi connectivity index (χ1n) is 6.29. The molecule has 2 fully saturated rings. The first-order chi connectivity index (χ1) is 6.29. The van der Waals surface area contributed by atoms with E-state index < -0.39 is 0 Å². The van der Waals surface area contributed by atoms with Gasteiger partial charge in [0.15, 0.2) is 0 Å². The Balaban J connectivity index is 2.07. The highest BCUT2D eigenvalue weighted by molar-refractivity contribution is 4.85. The number of hydrogen-bond acceptors (Lipinski definition) is 0. The molecule has 0 nitrogen and oxygen atoms in total. The van der Waals surface area contributed by atoms with E-state index in [1.165, 1.54) is 44.9 Å². The Morgan fingerprint density at radius 1 is 0.615 bits per heavy atom. The minimum absolute atomic E-state index is 1.03. The van der Waals surface area contributed by atoms with Crippen LogP contribution < -0.4 is 0 Å². The van der Waals surface area contributed by atoms with Gasteiger partial charge in [-0.3, -0.25) is 0 Å². The monoisotopic (exact) mass is 180 g/mol. The zero-order valence-electron chi connectivity index (χ0n) is 9.26. The second-order valence-corrected chi connectivity index (χ2v) is 5.50. The van der Waals surface area contributed by atoms with Crippen LogP contribution in [0.15, 0.2) is 0 Å². The molecule has 0 spiro atoms. The summed E-state index contributed by atoms with van der Waals surface area (Å²) in [7, 11) is 0. The molecule has 0 amide bonds. The third kappa shape index (κ3) is 1.92. The zero-order valence-corrected chi connectivity index (χ0v) is 9.26. The lowest BCUT2D eigenvalue weighted by Crippen LogP contribution is -2.31. The van der Waals surface area contributed by atoms with E-state index in [9.17, 15) is 0 Å². The predicted octanol–water partition coefficient (Wildman–Crippen LogP) is 4.25. The summed E-state index contributed by atoms with van der Waals surface area (Å²) in [4.78, 5) is 0. The molecule has 2 aliphatic rings. The first kappa shape index (κ1) is 9.55. The minimum atomic E-state index is 1.03. The van der Waals surface area contributed by atoms with E-state index in [4.69, 9.17) is 0 Å². The lowest BCUT2D eigenvalue weighted by molar-refractivity contribution is 0.101. The average Bonchev–Trinajstić information content (AvgIpc) is 2.37. The number of fused-ring (bicyclic) bond motifs is 1. The largest absolute Gasteiger partial charge is 0.0622 e. The summed E-state index contributed by atoms with van der Waals surface area (Å²) in [6.07, 6.45) is 10.6. The van der Waals surface area contributed by atoms with E-state index in [2.05, 4.69) is 13.8 Å². The van der Waals surface area contributed by atoms with Crippen molar-refractivity contribution >= 4 is 0 Å². The molecule has 0 saturated heterocycles. The van der Waals surface area contributed by atoms with Crippen LogP contribution in [-0.2, 0) is 0 Å². The molecule has 0 aromatic carbocycles. The van der Waals surface area contributed by atoms with Crippen molar-refractivity contribution in [3.05, 3.63) is 0 Å². The third-order valence-corrected chi connectivity index (χ3v) is 4.66. The summed E-state index contributed by atoms with van der Waals surface area (Å²) in [6, 6.07) is 0. The molecule has 2 rings (SSSR count). The summed E-state index contributed by atoms with van der Waals surface area (Å²) in [5.74, 6) is 4.23. The molecule has 0 heteroatoms. The van der Waals surface area contributed by atoms with Crippen LogP contribution in [0.25, 0.3) is 0 Å². The van der Waals surface area contributed by atoms with Crippen LogP contribution in [0.4, 0.5) is 0 Å². The molecule has 0 aliphatic heterocycles. The second kappa shape index (κ2) is 4.02. The van der Waals surface area contributed by atoms with Gasteiger partial charge in [-0.2, -0.15) is 0 Å². The van der Waals surface area contributed by atoms with Gasteiger partial charge in [0.1, 0.15) is 0 Å². The summed E-state index contributed by atoms with van der Waals surface area (Å²) in [6.45, 7) is 4.99. The van der Waals surface area contributed by atoms with Crippen molar-refractivity contribution in [2.45, 2.75) is 58.8 Å². The molecule has 76 valence electrons. The summed E-state index contributed by atoms with van der Waals surface area (Å²) in [5.41, 5.74) is 0. The fourth-order valence-electron chi connectivity index (χ4n) is 3.73. The van der Waals surface area contributed by atoms with Gasteiger partial charge >= 0.3 is 0 Å². The van der Waals surface area contributed by atoms with E-state index in [0.717, 1.165) is 23.7 Å². The van der Waals surface area contributed by atoms with Crippen molar-refractivity contribution in [1.82, 2.24) is 0 Å². The normalized spacial score (nSPS) is 46.6. The fraction of sp³-hybridized carbons (Fsp3) is 1.00. The van der Waals surface area contributed by atoms with Crippen LogP contribution in [0, 0.1) is 23.7 Å². The van der Waals surface area contributed by atoms with Crippen LogP contribution in [-0.4, -0.2) is 0 Å². The van der Waals surface area contributed by atoms with Crippen molar-refractivity contribution in [3.63, 3.8) is 0 Å². The smallest absolute Gasteiger partial charge is 0.0358 e. The summed E-state index contributed by atoms with van der Waals surface area (Å²) < 4.78 is 0. The second-order valence-electron chi connectivity index (χ2n) is 5.50. The Kier molecular flexibility index (Phi) is 2.96. The Labute approximate surface area is 83.1 Å². The molecule has 4 unspecified atom stereocenters. The van der Waals surface area contributed by atoms with Crippen molar-refractivity contribution in [2.75, 3.05) is 0 Å². The van der Waals surface area contributed by atoms with E-state index in [0.29, 0.717) is 0 Å². The first-order valence-corrected chi connectivity index (χ1v) is 6.29. The molecule has 0 bridgehead atoms. The molecule has 13 heavy (non-hydrogen) atoms. The van der Waals surface area contributed by atoms with Crippen molar-refractivity contribution in [2.24, 2.45) is 23.7 Å². The van der Waals surface area contributed by atoms with E-state index in [1.807, 2.05) is 0 Å². The van der Waals surface area contributed by atoms with Gasteiger partial charge in [0.25, 0.3) is 0 Å². The van der Waals surface area contributed by atoms with Crippen molar-refractivity contribution in [3.8, 4) is 0 Å². The molecule has 0 N–H and O–H groups in total. The molecule has 4 atom stereocenters. The molecule has 2 saturated carbocycles. The van der Waals surface area contributed by atoms with Crippen LogP contribution in [0.3, 0.4) is 0 Å². The maximum atomic E-state index is 2.49.